The molecular formula is C20H18N2O3. The van der Waals surface area contributed by atoms with Crippen molar-refractivity contribution in [1.29, 1.82) is 0 Å². The van der Waals surface area contributed by atoms with E-state index in [1.54, 1.807) is 17.9 Å². The number of aromatic amines is 1. The van der Waals surface area contributed by atoms with E-state index in [1.165, 1.54) is 0 Å². The zero-order valence-electron chi connectivity index (χ0n) is 13.9. The smallest absolute Gasteiger partial charge is 0.355 e. The van der Waals surface area contributed by atoms with Gasteiger partial charge in [-0.2, -0.15) is 0 Å². The Morgan fingerprint density at radius 3 is 2.72 bits per heavy atom. The van der Waals surface area contributed by atoms with Crippen LogP contribution in [0, 0.1) is 0 Å². The first-order valence-corrected chi connectivity index (χ1v) is 8.31. The third-order valence-electron chi connectivity index (χ3n) is 4.53. The number of fused-ring (bicyclic) bond motifs is 2. The molecule has 2 aromatic carbocycles. The van der Waals surface area contributed by atoms with E-state index in [1.807, 2.05) is 48.5 Å². The molecule has 2 heterocycles. The number of esters is 1. The van der Waals surface area contributed by atoms with E-state index in [-0.39, 0.29) is 5.91 Å². The number of nitrogens with zero attached hydrogens (tertiary/aromatic N) is 1. The summed E-state index contributed by atoms with van der Waals surface area (Å²) in [7, 11) is 0. The van der Waals surface area contributed by atoms with Gasteiger partial charge in [0, 0.05) is 23.1 Å². The normalized spacial score (nSPS) is 14.4. The lowest BCUT2D eigenvalue weighted by molar-refractivity contribution is -0.126. The van der Waals surface area contributed by atoms with Gasteiger partial charge in [-0.1, -0.05) is 36.4 Å². The van der Waals surface area contributed by atoms with Crippen molar-refractivity contribution < 1.29 is 14.3 Å². The molecule has 0 spiro atoms. The zero-order chi connectivity index (χ0) is 17.4. The molecule has 0 bridgehead atoms. The van der Waals surface area contributed by atoms with Crippen molar-refractivity contribution in [3.05, 3.63) is 65.9 Å². The molecule has 3 aromatic rings. The fraction of sp³-hybridized carbons (Fsp3) is 0.200. The van der Waals surface area contributed by atoms with Gasteiger partial charge in [-0.05, 0) is 37.1 Å². The molecule has 5 nitrogen and oxygen atoms in total. The molecule has 5 heteroatoms. The topological polar surface area (TPSA) is 62.4 Å². The van der Waals surface area contributed by atoms with Crippen LogP contribution in [-0.2, 0) is 16.0 Å². The van der Waals surface area contributed by atoms with Gasteiger partial charge in [0.05, 0.1) is 0 Å². The summed E-state index contributed by atoms with van der Waals surface area (Å²) in [6.07, 6.45) is -0.0185. The van der Waals surface area contributed by atoms with Crippen LogP contribution in [-0.4, -0.2) is 29.5 Å². The first-order chi connectivity index (χ1) is 12.1. The van der Waals surface area contributed by atoms with Crippen LogP contribution in [0.15, 0.2) is 54.6 Å². The van der Waals surface area contributed by atoms with Crippen molar-refractivity contribution in [1.82, 2.24) is 4.98 Å². The van der Waals surface area contributed by atoms with Crippen LogP contribution < -0.4 is 4.90 Å². The quantitative estimate of drug-likeness (QED) is 0.748. The third-order valence-corrected chi connectivity index (χ3v) is 4.53. The minimum Gasteiger partial charge on any atom is -0.448 e. The molecule has 4 rings (SSSR count). The Kier molecular flexibility index (Phi) is 3.76. The van der Waals surface area contributed by atoms with Gasteiger partial charge in [-0.25, -0.2) is 4.79 Å². The average molecular weight is 334 g/mol. The molecule has 0 fully saturated rings. The van der Waals surface area contributed by atoms with Gasteiger partial charge in [0.2, 0.25) is 0 Å². The van der Waals surface area contributed by atoms with Crippen LogP contribution in [0.4, 0.5) is 5.69 Å². The van der Waals surface area contributed by atoms with Crippen molar-refractivity contribution >= 4 is 28.5 Å². The molecule has 1 amide bonds. The molecular weight excluding hydrogens is 316 g/mol. The van der Waals surface area contributed by atoms with E-state index in [0.29, 0.717) is 12.2 Å². The Labute approximate surface area is 145 Å². The van der Waals surface area contributed by atoms with Crippen LogP contribution in [0.5, 0.6) is 0 Å². The highest BCUT2D eigenvalue weighted by atomic mass is 16.5. The molecule has 1 aliphatic heterocycles. The number of H-pyrrole nitrogens is 1. The van der Waals surface area contributed by atoms with Gasteiger partial charge in [-0.15, -0.1) is 0 Å². The Balaban J connectivity index is 1.49. The van der Waals surface area contributed by atoms with Crippen LogP contribution >= 0.6 is 0 Å². The molecule has 0 radical (unpaired) electrons. The summed E-state index contributed by atoms with van der Waals surface area (Å²) in [6, 6.07) is 17.2. The standard InChI is InChI=1S/C20H18N2O3/c1-13(19(23)22-11-10-14-6-3-5-9-18(14)22)25-20(24)17-12-15-7-2-4-8-16(15)21-17/h2-9,12-13,21H,10-11H2,1H3/t13-/m1/s1. The summed E-state index contributed by atoms with van der Waals surface area (Å²) >= 11 is 0. The third kappa shape index (κ3) is 2.78. The first-order valence-electron chi connectivity index (χ1n) is 8.31. The number of carbonyl (C=O) groups is 2. The van der Waals surface area contributed by atoms with Crippen molar-refractivity contribution in [3.8, 4) is 0 Å². The minimum absolute atomic E-state index is 0.200. The number of anilines is 1. The van der Waals surface area contributed by atoms with Crippen LogP contribution in [0.2, 0.25) is 0 Å². The van der Waals surface area contributed by atoms with Crippen LogP contribution in [0.1, 0.15) is 23.0 Å². The molecule has 0 saturated heterocycles. The van der Waals surface area contributed by atoms with E-state index in [9.17, 15) is 9.59 Å². The number of hydrogen-bond acceptors (Lipinski definition) is 3. The van der Waals surface area contributed by atoms with Crippen LogP contribution in [0.3, 0.4) is 0 Å². The molecule has 0 unspecified atom stereocenters. The molecule has 1 aliphatic rings. The predicted molar refractivity (Wildman–Crippen MR) is 95.7 cm³/mol. The second-order valence-electron chi connectivity index (χ2n) is 6.19. The van der Waals surface area contributed by atoms with E-state index in [4.69, 9.17) is 4.74 Å². The lowest BCUT2D eigenvalue weighted by Gasteiger charge is -2.21. The molecule has 1 aromatic heterocycles. The summed E-state index contributed by atoms with van der Waals surface area (Å²) in [5.41, 5.74) is 3.26. The highest BCUT2D eigenvalue weighted by molar-refractivity contribution is 6.01. The Morgan fingerprint density at radius 1 is 1.12 bits per heavy atom. The zero-order valence-corrected chi connectivity index (χ0v) is 13.9. The van der Waals surface area contributed by atoms with Crippen molar-refractivity contribution in [2.45, 2.75) is 19.4 Å². The van der Waals surface area contributed by atoms with Crippen LogP contribution in [0.25, 0.3) is 10.9 Å². The maximum atomic E-state index is 12.7. The monoisotopic (exact) mass is 334 g/mol. The molecule has 1 N–H and O–H groups in total. The van der Waals surface area contributed by atoms with Gasteiger partial charge >= 0.3 is 5.97 Å². The Hall–Kier alpha value is -3.08. The van der Waals surface area contributed by atoms with E-state index < -0.39 is 12.1 Å². The number of carbonyl (C=O) groups excluding carboxylic acids is 2. The van der Waals surface area contributed by atoms with Gasteiger partial charge < -0.3 is 14.6 Å². The fourth-order valence-corrected chi connectivity index (χ4v) is 3.24. The number of para-hydroxylation sites is 2. The lowest BCUT2D eigenvalue weighted by atomic mass is 10.2. The summed E-state index contributed by atoms with van der Waals surface area (Å²) in [5.74, 6) is -0.723. The van der Waals surface area contributed by atoms with E-state index in [0.717, 1.165) is 28.6 Å². The maximum Gasteiger partial charge on any atom is 0.355 e. The summed E-state index contributed by atoms with van der Waals surface area (Å²) in [5, 5.41) is 0.932. The lowest BCUT2D eigenvalue weighted by Crippen LogP contribution is -2.39. The summed E-state index contributed by atoms with van der Waals surface area (Å²) < 4.78 is 5.39. The molecule has 1 atom stereocenters. The minimum atomic E-state index is -0.843. The number of hydrogen-bond donors (Lipinski definition) is 1. The SMILES string of the molecule is C[C@@H](OC(=O)c1cc2ccccc2[nH]1)C(=O)N1CCc2ccccc21. The molecule has 126 valence electrons. The second kappa shape index (κ2) is 6.09. The Bertz CT molecular complexity index is 927. The average Bonchev–Trinajstić information content (AvgIpc) is 3.25. The van der Waals surface area contributed by atoms with Gasteiger partial charge in [0.25, 0.3) is 5.91 Å². The fourth-order valence-electron chi connectivity index (χ4n) is 3.24. The molecule has 25 heavy (non-hydrogen) atoms. The summed E-state index contributed by atoms with van der Waals surface area (Å²) in [4.78, 5) is 29.8. The number of ether oxygens (including phenoxy) is 1. The first kappa shape index (κ1) is 15.4. The van der Waals surface area contributed by atoms with Gasteiger partial charge in [0.15, 0.2) is 6.10 Å². The largest absolute Gasteiger partial charge is 0.448 e. The number of benzene rings is 2. The molecule has 0 saturated carbocycles. The number of amides is 1. The summed E-state index contributed by atoms with van der Waals surface area (Å²) in [6.45, 7) is 2.23. The van der Waals surface area contributed by atoms with Gasteiger partial charge in [0.1, 0.15) is 5.69 Å². The highest BCUT2D eigenvalue weighted by Gasteiger charge is 2.30. The predicted octanol–water partition coefficient (Wildman–Crippen LogP) is 3.30. The Morgan fingerprint density at radius 2 is 1.88 bits per heavy atom. The number of aromatic nitrogens is 1. The second-order valence-corrected chi connectivity index (χ2v) is 6.19. The van der Waals surface area contributed by atoms with E-state index in [2.05, 4.69) is 4.98 Å². The number of nitrogens with one attached hydrogen (secondary N) is 1. The van der Waals surface area contributed by atoms with Crippen molar-refractivity contribution in [2.24, 2.45) is 0 Å². The van der Waals surface area contributed by atoms with E-state index >= 15 is 0 Å². The highest BCUT2D eigenvalue weighted by Crippen LogP contribution is 2.28. The van der Waals surface area contributed by atoms with Crippen molar-refractivity contribution in [3.63, 3.8) is 0 Å². The maximum absolute atomic E-state index is 12.7. The molecule has 0 aliphatic carbocycles. The van der Waals surface area contributed by atoms with Crippen molar-refractivity contribution in [2.75, 3.05) is 11.4 Å². The van der Waals surface area contributed by atoms with Gasteiger partial charge in [-0.3, -0.25) is 4.79 Å². The number of rotatable bonds is 3.